The van der Waals surface area contributed by atoms with Crippen molar-refractivity contribution >= 4 is 11.8 Å². The van der Waals surface area contributed by atoms with E-state index in [0.717, 1.165) is 6.07 Å². The van der Waals surface area contributed by atoms with Crippen molar-refractivity contribution in [3.05, 3.63) is 29.3 Å². The third kappa shape index (κ3) is 2.90. The maximum atomic E-state index is 13.4. The molecular formula is C10H11F2NO3. The summed E-state index contributed by atoms with van der Waals surface area (Å²) in [6.45, 7) is 0.853. The number of rotatable bonds is 3. The van der Waals surface area contributed by atoms with E-state index in [2.05, 4.69) is 4.74 Å². The maximum absolute atomic E-state index is 13.4. The summed E-state index contributed by atoms with van der Waals surface area (Å²) in [5.41, 5.74) is -0.346. The quantitative estimate of drug-likeness (QED) is 0.834. The summed E-state index contributed by atoms with van der Waals surface area (Å²) in [6, 6.07) is 2.30. The molecule has 0 saturated carbocycles. The lowest BCUT2D eigenvalue weighted by Gasteiger charge is -2.09. The molecule has 0 saturated heterocycles. The van der Waals surface area contributed by atoms with Gasteiger partial charge in [0.25, 0.3) is 0 Å². The van der Waals surface area contributed by atoms with E-state index in [1.807, 2.05) is 5.32 Å². The number of halogens is 2. The number of carbonyl (C=O) groups excluding carboxylic acids is 1. The Morgan fingerprint density at radius 3 is 2.81 bits per heavy atom. The summed E-state index contributed by atoms with van der Waals surface area (Å²) < 4.78 is 31.0. The number of aliphatic hydroxyl groups is 1. The van der Waals surface area contributed by atoms with Crippen LogP contribution < -0.4 is 5.32 Å². The smallest absolute Gasteiger partial charge is 0.411 e. The summed E-state index contributed by atoms with van der Waals surface area (Å²) in [5.74, 6) is -1.73. The summed E-state index contributed by atoms with van der Waals surface area (Å²) in [4.78, 5) is 11.0. The first kappa shape index (κ1) is 12.4. The topological polar surface area (TPSA) is 58.6 Å². The van der Waals surface area contributed by atoms with E-state index in [-0.39, 0.29) is 18.8 Å². The minimum Gasteiger partial charge on any atom is -0.447 e. The van der Waals surface area contributed by atoms with Crippen molar-refractivity contribution in [3.8, 4) is 0 Å². The van der Waals surface area contributed by atoms with Crippen LogP contribution in [-0.2, 0) is 4.74 Å². The summed E-state index contributed by atoms with van der Waals surface area (Å²) in [6.07, 6.45) is -1.02. The van der Waals surface area contributed by atoms with Crippen LogP contribution in [-0.4, -0.2) is 24.4 Å². The number of hydrogen-bond acceptors (Lipinski definition) is 3. The van der Waals surface area contributed by atoms with E-state index in [1.54, 1.807) is 0 Å². The highest BCUT2D eigenvalue weighted by Gasteiger charge is 2.14. The van der Waals surface area contributed by atoms with E-state index in [4.69, 9.17) is 5.11 Å². The van der Waals surface area contributed by atoms with Gasteiger partial charge in [-0.15, -0.1) is 0 Å². The molecule has 0 unspecified atom stereocenters. The van der Waals surface area contributed by atoms with E-state index >= 15 is 0 Å². The molecular weight excluding hydrogens is 220 g/mol. The monoisotopic (exact) mass is 231 g/mol. The van der Waals surface area contributed by atoms with Crippen LogP contribution in [0.4, 0.5) is 19.3 Å². The number of amides is 1. The van der Waals surface area contributed by atoms with Gasteiger partial charge in [-0.05, 0) is 18.6 Å². The van der Waals surface area contributed by atoms with Crippen LogP contribution in [0.1, 0.15) is 5.56 Å². The molecule has 4 nitrogen and oxygen atoms in total. The van der Waals surface area contributed by atoms with Crippen molar-refractivity contribution in [3.63, 3.8) is 0 Å². The van der Waals surface area contributed by atoms with Crippen LogP contribution in [0.25, 0.3) is 0 Å². The van der Waals surface area contributed by atoms with Crippen molar-refractivity contribution in [1.29, 1.82) is 0 Å². The molecule has 88 valence electrons. The Morgan fingerprint density at radius 2 is 2.19 bits per heavy atom. The average molecular weight is 231 g/mol. The standard InChI is InChI=1S/C10H11F2NO3/c1-6-2-3-7(11)9(8(6)12)13-10(15)16-5-4-14/h2-3,14H,4-5H2,1H3,(H,13,15). The molecule has 0 heterocycles. The van der Waals surface area contributed by atoms with Gasteiger partial charge in [0.1, 0.15) is 18.1 Å². The highest BCUT2D eigenvalue weighted by atomic mass is 19.1. The molecule has 16 heavy (non-hydrogen) atoms. The van der Waals surface area contributed by atoms with Crippen LogP contribution in [0.2, 0.25) is 0 Å². The first-order chi connectivity index (χ1) is 7.56. The zero-order chi connectivity index (χ0) is 12.1. The zero-order valence-electron chi connectivity index (χ0n) is 8.59. The van der Waals surface area contributed by atoms with Gasteiger partial charge in [-0.3, -0.25) is 5.32 Å². The van der Waals surface area contributed by atoms with Gasteiger partial charge in [0.05, 0.1) is 6.61 Å². The molecule has 0 fully saturated rings. The summed E-state index contributed by atoms with van der Waals surface area (Å²) in [5, 5.41) is 10.3. The number of ether oxygens (including phenoxy) is 1. The van der Waals surface area contributed by atoms with Gasteiger partial charge in [-0.25, -0.2) is 13.6 Å². The number of nitrogens with one attached hydrogen (secondary N) is 1. The normalized spacial score (nSPS) is 10.0. The first-order valence-corrected chi connectivity index (χ1v) is 4.55. The van der Waals surface area contributed by atoms with E-state index in [1.165, 1.54) is 13.0 Å². The Bertz CT molecular complexity index is 396. The highest BCUT2D eigenvalue weighted by molar-refractivity contribution is 5.85. The Labute approximate surface area is 90.8 Å². The van der Waals surface area contributed by atoms with Gasteiger partial charge in [0.2, 0.25) is 0 Å². The largest absolute Gasteiger partial charge is 0.447 e. The molecule has 0 radical (unpaired) electrons. The molecule has 0 spiro atoms. The number of benzene rings is 1. The number of hydrogen-bond donors (Lipinski definition) is 2. The zero-order valence-corrected chi connectivity index (χ0v) is 8.59. The second-order valence-corrected chi connectivity index (χ2v) is 3.04. The van der Waals surface area contributed by atoms with Crippen LogP contribution in [0.3, 0.4) is 0 Å². The highest BCUT2D eigenvalue weighted by Crippen LogP contribution is 2.21. The Morgan fingerprint density at radius 1 is 1.50 bits per heavy atom. The van der Waals surface area contributed by atoms with Crippen LogP contribution >= 0.6 is 0 Å². The lowest BCUT2D eigenvalue weighted by Crippen LogP contribution is -2.17. The van der Waals surface area contributed by atoms with Crippen molar-refractivity contribution in [2.45, 2.75) is 6.92 Å². The third-order valence-electron chi connectivity index (χ3n) is 1.84. The van der Waals surface area contributed by atoms with Crippen LogP contribution in [0, 0.1) is 18.6 Å². The molecule has 6 heteroatoms. The van der Waals surface area contributed by atoms with Gasteiger partial charge < -0.3 is 9.84 Å². The fourth-order valence-corrected chi connectivity index (χ4v) is 1.05. The fraction of sp³-hybridized carbons (Fsp3) is 0.300. The molecule has 0 aliphatic heterocycles. The van der Waals surface area contributed by atoms with Gasteiger partial charge in [0, 0.05) is 0 Å². The molecule has 1 amide bonds. The number of carbonyl (C=O) groups is 1. The second-order valence-electron chi connectivity index (χ2n) is 3.04. The SMILES string of the molecule is Cc1ccc(F)c(NC(=O)OCCO)c1F. The number of aliphatic hydroxyl groups excluding tert-OH is 1. The third-order valence-corrected chi connectivity index (χ3v) is 1.84. The molecule has 0 atom stereocenters. The van der Waals surface area contributed by atoms with Crippen molar-refractivity contribution in [2.75, 3.05) is 18.5 Å². The lowest BCUT2D eigenvalue weighted by molar-refractivity contribution is 0.131. The summed E-state index contributed by atoms with van der Waals surface area (Å²) in [7, 11) is 0. The molecule has 1 aromatic rings. The Hall–Kier alpha value is -1.69. The fourth-order valence-electron chi connectivity index (χ4n) is 1.05. The summed E-state index contributed by atoms with van der Waals surface area (Å²) >= 11 is 0. The minimum atomic E-state index is -1.02. The Kier molecular flexibility index (Phi) is 4.19. The molecule has 0 aromatic heterocycles. The molecule has 1 rings (SSSR count). The molecule has 0 aliphatic rings. The maximum Gasteiger partial charge on any atom is 0.411 e. The predicted molar refractivity (Wildman–Crippen MR) is 53.2 cm³/mol. The van der Waals surface area contributed by atoms with Crippen molar-refractivity contribution < 1.29 is 23.4 Å². The van der Waals surface area contributed by atoms with Gasteiger partial charge in [-0.2, -0.15) is 0 Å². The van der Waals surface area contributed by atoms with Crippen molar-refractivity contribution in [2.24, 2.45) is 0 Å². The molecule has 0 aliphatic carbocycles. The first-order valence-electron chi connectivity index (χ1n) is 4.55. The predicted octanol–water partition coefficient (Wildman–Crippen LogP) is 1.81. The van der Waals surface area contributed by atoms with Crippen LogP contribution in [0.5, 0.6) is 0 Å². The molecule has 0 bridgehead atoms. The average Bonchev–Trinajstić information content (AvgIpc) is 2.27. The van der Waals surface area contributed by atoms with Crippen molar-refractivity contribution in [1.82, 2.24) is 0 Å². The van der Waals surface area contributed by atoms with Gasteiger partial charge in [-0.1, -0.05) is 6.07 Å². The van der Waals surface area contributed by atoms with Gasteiger partial charge >= 0.3 is 6.09 Å². The Balaban J connectivity index is 2.80. The molecule has 1 aromatic carbocycles. The van der Waals surface area contributed by atoms with E-state index in [0.29, 0.717) is 0 Å². The number of aryl methyl sites for hydroxylation is 1. The second kappa shape index (κ2) is 5.41. The van der Waals surface area contributed by atoms with E-state index in [9.17, 15) is 13.6 Å². The van der Waals surface area contributed by atoms with E-state index < -0.39 is 23.4 Å². The lowest BCUT2D eigenvalue weighted by atomic mass is 10.2. The molecule has 2 N–H and O–H groups in total. The van der Waals surface area contributed by atoms with Gasteiger partial charge in [0.15, 0.2) is 5.82 Å². The minimum absolute atomic E-state index is 0.207. The van der Waals surface area contributed by atoms with Crippen LogP contribution in [0.15, 0.2) is 12.1 Å². The number of anilines is 1.